The van der Waals surface area contributed by atoms with Crippen LogP contribution >= 0.6 is 11.6 Å². The maximum absolute atomic E-state index is 12.5. The molecule has 8 nitrogen and oxygen atoms in total. The summed E-state index contributed by atoms with van der Waals surface area (Å²) in [6.07, 6.45) is -1.50. The van der Waals surface area contributed by atoms with Crippen LogP contribution in [0.2, 0.25) is 5.02 Å². The number of sulfone groups is 1. The van der Waals surface area contributed by atoms with E-state index in [2.05, 4.69) is 11.9 Å². The molecule has 2 unspecified atom stereocenters. The van der Waals surface area contributed by atoms with Gasteiger partial charge in [-0.25, -0.2) is 13.2 Å². The van der Waals surface area contributed by atoms with Crippen molar-refractivity contribution in [3.05, 3.63) is 50.9 Å². The number of hydrogen-bond donors (Lipinski definition) is 2. The Morgan fingerprint density at radius 2 is 2.10 bits per heavy atom. The molecule has 162 valence electrons. The van der Waals surface area contributed by atoms with Crippen molar-refractivity contribution in [2.24, 2.45) is 0 Å². The summed E-state index contributed by atoms with van der Waals surface area (Å²) in [7, 11) is -3.40. The van der Waals surface area contributed by atoms with Gasteiger partial charge < -0.3 is 19.6 Å². The molecule has 1 aliphatic heterocycles. The molecule has 2 atom stereocenters. The Kier molecular flexibility index (Phi) is 6.26. The number of amides is 1. The van der Waals surface area contributed by atoms with Crippen LogP contribution in [-0.2, 0) is 21.1 Å². The van der Waals surface area contributed by atoms with Crippen LogP contribution in [0.5, 0.6) is 5.75 Å². The van der Waals surface area contributed by atoms with Gasteiger partial charge in [-0.2, -0.15) is 0 Å². The van der Waals surface area contributed by atoms with Crippen LogP contribution in [-0.4, -0.2) is 49.7 Å². The molecule has 2 aromatic rings. The number of nitrogens with one attached hydrogen (secondary N) is 1. The molecule has 0 spiro atoms. The first-order valence-corrected chi connectivity index (χ1v) is 11.4. The molecular weight excluding hydrogens is 434 g/mol. The fourth-order valence-electron chi connectivity index (χ4n) is 3.29. The summed E-state index contributed by atoms with van der Waals surface area (Å²) in [6.45, 7) is 7.48. The van der Waals surface area contributed by atoms with Gasteiger partial charge in [0.15, 0.2) is 9.84 Å². The van der Waals surface area contributed by atoms with Crippen molar-refractivity contribution in [2.75, 3.05) is 18.1 Å². The van der Waals surface area contributed by atoms with E-state index < -0.39 is 39.3 Å². The van der Waals surface area contributed by atoms with Gasteiger partial charge in [0.05, 0.1) is 40.7 Å². The molecule has 1 aromatic heterocycles. The second kappa shape index (κ2) is 8.41. The minimum Gasteiger partial charge on any atom is -0.488 e. The first kappa shape index (κ1) is 22.3. The van der Waals surface area contributed by atoms with Crippen molar-refractivity contribution in [3.63, 3.8) is 0 Å². The van der Waals surface area contributed by atoms with E-state index in [4.69, 9.17) is 20.8 Å². The maximum Gasteiger partial charge on any atom is 0.340 e. The number of halogens is 1. The van der Waals surface area contributed by atoms with Gasteiger partial charge in [0, 0.05) is 11.5 Å². The predicted molar refractivity (Wildman–Crippen MR) is 113 cm³/mol. The molecule has 30 heavy (non-hydrogen) atoms. The molecule has 0 aliphatic carbocycles. The third-order valence-corrected chi connectivity index (χ3v) is 6.83. The average molecular weight is 456 g/mol. The molecular formula is C20H22ClNO7S. The van der Waals surface area contributed by atoms with Crippen molar-refractivity contribution >= 4 is 38.3 Å². The molecule has 1 aliphatic rings. The number of aryl methyl sites for hydroxylation is 1. The summed E-state index contributed by atoms with van der Waals surface area (Å²) in [6, 6.07) is 2.20. The monoisotopic (exact) mass is 455 g/mol. The average Bonchev–Trinajstić information content (AvgIpc) is 2.89. The lowest BCUT2D eigenvalue weighted by molar-refractivity contribution is -0.121. The first-order valence-electron chi connectivity index (χ1n) is 9.17. The fraction of sp³-hybridized carbons (Fsp3) is 0.400. The van der Waals surface area contributed by atoms with E-state index in [9.17, 15) is 23.1 Å². The smallest absolute Gasteiger partial charge is 0.340 e. The van der Waals surface area contributed by atoms with Crippen molar-refractivity contribution in [2.45, 2.75) is 32.4 Å². The minimum atomic E-state index is -3.40. The van der Waals surface area contributed by atoms with Crippen LogP contribution in [0.1, 0.15) is 18.1 Å². The number of carbonyl (C=O) groups is 1. The molecule has 2 heterocycles. The zero-order chi connectivity index (χ0) is 22.2. The fourth-order valence-corrected chi connectivity index (χ4v) is 5.25. The number of fused-ring (bicyclic) bond motifs is 1. The Morgan fingerprint density at radius 3 is 2.70 bits per heavy atom. The molecule has 1 aromatic carbocycles. The summed E-state index contributed by atoms with van der Waals surface area (Å²) in [4.78, 5) is 24.9. The molecule has 3 rings (SSSR count). The summed E-state index contributed by atoms with van der Waals surface area (Å²) >= 11 is 6.27. The van der Waals surface area contributed by atoms with Gasteiger partial charge in [-0.05, 0) is 31.1 Å². The highest BCUT2D eigenvalue weighted by Gasteiger charge is 2.37. The number of rotatable bonds is 6. The number of hydrogen-bond acceptors (Lipinski definition) is 7. The number of aliphatic hydroxyl groups is 1. The second-order valence-corrected chi connectivity index (χ2v) is 10.1. The Hall–Kier alpha value is -2.36. The van der Waals surface area contributed by atoms with E-state index in [1.54, 1.807) is 19.9 Å². The topological polar surface area (TPSA) is 123 Å². The van der Waals surface area contributed by atoms with Crippen molar-refractivity contribution in [1.29, 1.82) is 0 Å². The number of benzene rings is 1. The molecule has 1 saturated heterocycles. The van der Waals surface area contributed by atoms with Gasteiger partial charge in [-0.15, -0.1) is 0 Å². The highest BCUT2D eigenvalue weighted by molar-refractivity contribution is 7.91. The predicted octanol–water partition coefficient (Wildman–Crippen LogP) is 1.53. The van der Waals surface area contributed by atoms with E-state index in [0.29, 0.717) is 21.7 Å². The number of ether oxygens (including phenoxy) is 1. The third kappa shape index (κ3) is 4.85. The van der Waals surface area contributed by atoms with Crippen molar-refractivity contribution in [3.8, 4) is 5.75 Å². The van der Waals surface area contributed by atoms with Gasteiger partial charge in [-0.1, -0.05) is 18.2 Å². The SMILES string of the molecule is C=C(C)COc1cc2oc(=O)c(CC(=O)NC3CS(=O)(=O)CC3O)c(C)c2cc1Cl. The van der Waals surface area contributed by atoms with Crippen molar-refractivity contribution < 1.29 is 27.5 Å². The highest BCUT2D eigenvalue weighted by Crippen LogP contribution is 2.32. The Morgan fingerprint density at radius 1 is 1.40 bits per heavy atom. The largest absolute Gasteiger partial charge is 0.488 e. The lowest BCUT2D eigenvalue weighted by Crippen LogP contribution is -2.43. The van der Waals surface area contributed by atoms with Gasteiger partial charge in [0.2, 0.25) is 5.91 Å². The van der Waals surface area contributed by atoms with Crippen LogP contribution in [0.3, 0.4) is 0 Å². The van der Waals surface area contributed by atoms with E-state index >= 15 is 0 Å². The first-order chi connectivity index (χ1) is 14.0. The van der Waals surface area contributed by atoms with E-state index in [1.165, 1.54) is 6.07 Å². The normalized spacial score (nSPS) is 20.3. The lowest BCUT2D eigenvalue weighted by Gasteiger charge is -2.15. The number of aliphatic hydroxyl groups excluding tert-OH is 1. The molecule has 0 bridgehead atoms. The molecule has 2 N–H and O–H groups in total. The molecule has 0 saturated carbocycles. The molecule has 0 radical (unpaired) electrons. The maximum atomic E-state index is 12.5. The highest BCUT2D eigenvalue weighted by atomic mass is 35.5. The van der Waals surface area contributed by atoms with Crippen molar-refractivity contribution in [1.82, 2.24) is 5.32 Å². The quantitative estimate of drug-likeness (QED) is 0.500. The zero-order valence-corrected chi connectivity index (χ0v) is 18.1. The number of carbonyl (C=O) groups excluding carboxylic acids is 1. The van der Waals surface area contributed by atoms with Gasteiger partial charge in [0.25, 0.3) is 0 Å². The Bertz CT molecular complexity index is 1190. The minimum absolute atomic E-state index is 0.127. The molecule has 10 heteroatoms. The van der Waals surface area contributed by atoms with E-state index in [1.807, 2.05) is 0 Å². The summed E-state index contributed by atoms with van der Waals surface area (Å²) < 4.78 is 34.1. The van der Waals surface area contributed by atoms with E-state index in [-0.39, 0.29) is 29.9 Å². The van der Waals surface area contributed by atoms with Crippen LogP contribution in [0.15, 0.2) is 33.5 Å². The summed E-state index contributed by atoms with van der Waals surface area (Å²) in [5, 5.41) is 13.2. The standard InChI is InChI=1S/C20H22ClNO7S/c1-10(2)7-28-18-6-17-12(4-14(18)21)11(3)13(20(25)29-17)5-19(24)22-15-8-30(26,27)9-16(15)23/h4,6,15-16,23H,1,5,7-9H2,2-3H3,(H,22,24). The Labute approximate surface area is 178 Å². The van der Waals surface area contributed by atoms with Crippen LogP contribution < -0.4 is 15.7 Å². The summed E-state index contributed by atoms with van der Waals surface area (Å²) in [5.74, 6) is -0.980. The zero-order valence-electron chi connectivity index (χ0n) is 16.5. The summed E-state index contributed by atoms with van der Waals surface area (Å²) in [5.41, 5.74) is 1.01. The molecule has 1 amide bonds. The van der Waals surface area contributed by atoms with Crippen LogP contribution in [0.4, 0.5) is 0 Å². The van der Waals surface area contributed by atoms with Crippen LogP contribution in [0.25, 0.3) is 11.0 Å². The van der Waals surface area contributed by atoms with Crippen LogP contribution in [0, 0.1) is 6.92 Å². The van der Waals surface area contributed by atoms with Gasteiger partial charge in [0.1, 0.15) is 17.9 Å². The van der Waals surface area contributed by atoms with E-state index in [0.717, 1.165) is 5.57 Å². The van der Waals surface area contributed by atoms with Gasteiger partial charge in [-0.3, -0.25) is 4.79 Å². The molecule has 1 fully saturated rings. The third-order valence-electron chi connectivity index (χ3n) is 4.82. The Balaban J connectivity index is 1.86. The second-order valence-electron chi connectivity index (χ2n) is 7.51. The van der Waals surface area contributed by atoms with Gasteiger partial charge >= 0.3 is 5.63 Å². The lowest BCUT2D eigenvalue weighted by atomic mass is 10.0.